The first-order chi connectivity index (χ1) is 8.36. The Balaban J connectivity index is 2.20. The first kappa shape index (κ1) is 14.0. The van der Waals surface area contributed by atoms with Crippen molar-refractivity contribution < 1.29 is 4.74 Å². The molecule has 0 amide bonds. The highest BCUT2D eigenvalue weighted by molar-refractivity contribution is 5.27. The van der Waals surface area contributed by atoms with Crippen LogP contribution >= 0.6 is 0 Å². The van der Waals surface area contributed by atoms with Crippen molar-refractivity contribution in [3.05, 3.63) is 29.8 Å². The van der Waals surface area contributed by atoms with Gasteiger partial charge in [-0.1, -0.05) is 38.3 Å². The Bertz CT molecular complexity index is 281. The van der Waals surface area contributed by atoms with Gasteiger partial charge in [-0.15, -0.1) is 0 Å². The van der Waals surface area contributed by atoms with Gasteiger partial charge in [-0.3, -0.25) is 0 Å². The number of aryl methyl sites for hydroxylation is 1. The molecule has 0 saturated heterocycles. The normalized spacial score (nSPS) is 10.5. The fourth-order valence-electron chi connectivity index (χ4n) is 1.78. The smallest absolute Gasteiger partial charge is 0.119 e. The van der Waals surface area contributed by atoms with Crippen molar-refractivity contribution in [2.75, 3.05) is 13.2 Å². The minimum absolute atomic E-state index is 0.760. The molecule has 2 N–H and O–H groups in total. The second-order valence-electron chi connectivity index (χ2n) is 4.45. The summed E-state index contributed by atoms with van der Waals surface area (Å²) >= 11 is 0. The molecular formula is C15H25NO. The average molecular weight is 235 g/mol. The lowest BCUT2D eigenvalue weighted by molar-refractivity contribution is 0.305. The molecule has 0 spiro atoms. The van der Waals surface area contributed by atoms with Crippen molar-refractivity contribution >= 4 is 0 Å². The summed E-state index contributed by atoms with van der Waals surface area (Å²) in [4.78, 5) is 0. The van der Waals surface area contributed by atoms with Gasteiger partial charge in [0.05, 0.1) is 6.61 Å². The van der Waals surface area contributed by atoms with Crippen LogP contribution in [-0.2, 0) is 6.42 Å². The molecule has 0 aromatic heterocycles. The Morgan fingerprint density at radius 1 is 1.00 bits per heavy atom. The van der Waals surface area contributed by atoms with Gasteiger partial charge in [0.1, 0.15) is 5.75 Å². The largest absolute Gasteiger partial charge is 0.494 e. The summed E-state index contributed by atoms with van der Waals surface area (Å²) in [5, 5.41) is 0. The molecule has 0 aliphatic carbocycles. The van der Waals surface area contributed by atoms with Gasteiger partial charge in [0.2, 0.25) is 0 Å². The zero-order valence-electron chi connectivity index (χ0n) is 11.0. The van der Waals surface area contributed by atoms with Crippen molar-refractivity contribution in [1.82, 2.24) is 0 Å². The Morgan fingerprint density at radius 2 is 1.76 bits per heavy atom. The number of unbranched alkanes of at least 4 members (excludes halogenated alkanes) is 3. The molecule has 17 heavy (non-hydrogen) atoms. The lowest BCUT2D eigenvalue weighted by atomic mass is 10.1. The molecule has 1 aromatic rings. The van der Waals surface area contributed by atoms with Crippen molar-refractivity contribution in [1.29, 1.82) is 0 Å². The molecule has 0 atom stereocenters. The van der Waals surface area contributed by atoms with Crippen LogP contribution in [0.5, 0.6) is 5.75 Å². The number of nitrogens with two attached hydrogens (primary N) is 1. The molecule has 96 valence electrons. The third kappa shape index (κ3) is 6.32. The number of rotatable bonds is 9. The molecule has 2 heteroatoms. The van der Waals surface area contributed by atoms with E-state index in [-0.39, 0.29) is 0 Å². The number of benzene rings is 1. The summed E-state index contributed by atoms with van der Waals surface area (Å²) in [7, 11) is 0. The molecule has 1 rings (SSSR count). The summed E-state index contributed by atoms with van der Waals surface area (Å²) in [5.41, 5.74) is 6.83. The van der Waals surface area contributed by atoms with Crippen LogP contribution in [0.3, 0.4) is 0 Å². The standard InChI is InChI=1S/C15H25NO/c1-2-3-4-5-13-17-15-10-8-14(9-11-15)7-6-12-16/h8-11H,2-7,12-13,16H2,1H3. The predicted octanol–water partition coefficient (Wildman–Crippen LogP) is 3.54. The molecular weight excluding hydrogens is 210 g/mol. The van der Waals surface area contributed by atoms with Crippen LogP contribution in [0.2, 0.25) is 0 Å². The summed E-state index contributed by atoms with van der Waals surface area (Å²) in [5.74, 6) is 0.984. The van der Waals surface area contributed by atoms with Gasteiger partial charge in [-0.05, 0) is 43.5 Å². The van der Waals surface area contributed by atoms with Crippen LogP contribution in [0, 0.1) is 0 Å². The lowest BCUT2D eigenvalue weighted by Crippen LogP contribution is -2.00. The van der Waals surface area contributed by atoms with E-state index in [0.29, 0.717) is 0 Å². The van der Waals surface area contributed by atoms with E-state index in [9.17, 15) is 0 Å². The molecule has 0 heterocycles. The summed E-state index contributed by atoms with van der Waals surface area (Å²) in [6.07, 6.45) is 7.12. The van der Waals surface area contributed by atoms with E-state index in [1.807, 2.05) is 0 Å². The van der Waals surface area contributed by atoms with Gasteiger partial charge in [0, 0.05) is 0 Å². The Labute approximate surface area is 105 Å². The maximum absolute atomic E-state index is 5.69. The third-order valence-corrected chi connectivity index (χ3v) is 2.86. The lowest BCUT2D eigenvalue weighted by Gasteiger charge is -2.07. The monoisotopic (exact) mass is 235 g/mol. The number of ether oxygens (including phenoxy) is 1. The highest BCUT2D eigenvalue weighted by atomic mass is 16.5. The molecule has 1 aromatic carbocycles. The second-order valence-corrected chi connectivity index (χ2v) is 4.45. The quantitative estimate of drug-likeness (QED) is 0.664. The maximum Gasteiger partial charge on any atom is 0.119 e. The topological polar surface area (TPSA) is 35.2 Å². The van der Waals surface area contributed by atoms with E-state index < -0.39 is 0 Å². The van der Waals surface area contributed by atoms with Crippen LogP contribution in [0.4, 0.5) is 0 Å². The van der Waals surface area contributed by atoms with Crippen molar-refractivity contribution in [2.45, 2.75) is 45.4 Å². The van der Waals surface area contributed by atoms with Crippen molar-refractivity contribution in [3.8, 4) is 5.75 Å². The van der Waals surface area contributed by atoms with Crippen LogP contribution in [0.1, 0.15) is 44.6 Å². The SMILES string of the molecule is CCCCCCOc1ccc(CCCN)cc1. The molecule has 0 aliphatic heterocycles. The van der Waals surface area contributed by atoms with Gasteiger partial charge in [0.25, 0.3) is 0 Å². The predicted molar refractivity (Wildman–Crippen MR) is 73.5 cm³/mol. The van der Waals surface area contributed by atoms with Crippen molar-refractivity contribution in [3.63, 3.8) is 0 Å². The van der Waals surface area contributed by atoms with E-state index in [0.717, 1.165) is 38.2 Å². The summed E-state index contributed by atoms with van der Waals surface area (Å²) < 4.78 is 5.69. The van der Waals surface area contributed by atoms with Gasteiger partial charge in [0.15, 0.2) is 0 Å². The molecule has 0 bridgehead atoms. The van der Waals surface area contributed by atoms with Gasteiger partial charge < -0.3 is 10.5 Å². The van der Waals surface area contributed by atoms with Crippen LogP contribution < -0.4 is 10.5 Å². The molecule has 2 nitrogen and oxygen atoms in total. The van der Waals surface area contributed by atoms with Crippen molar-refractivity contribution in [2.24, 2.45) is 5.73 Å². The van der Waals surface area contributed by atoms with Crippen LogP contribution in [0.15, 0.2) is 24.3 Å². The highest BCUT2D eigenvalue weighted by Crippen LogP contribution is 2.14. The van der Waals surface area contributed by atoms with Gasteiger partial charge in [-0.2, -0.15) is 0 Å². The van der Waals surface area contributed by atoms with E-state index in [1.165, 1.54) is 24.8 Å². The molecule has 0 fully saturated rings. The Kier molecular flexibility index (Phi) is 7.48. The Hall–Kier alpha value is -1.02. The fraction of sp³-hybridized carbons (Fsp3) is 0.600. The zero-order valence-corrected chi connectivity index (χ0v) is 11.0. The summed E-state index contributed by atoms with van der Waals surface area (Å²) in [6.45, 7) is 3.82. The van der Waals surface area contributed by atoms with Crippen LogP contribution in [0.25, 0.3) is 0 Å². The van der Waals surface area contributed by atoms with Gasteiger partial charge >= 0.3 is 0 Å². The zero-order chi connectivity index (χ0) is 12.3. The van der Waals surface area contributed by atoms with E-state index in [2.05, 4.69) is 31.2 Å². The molecule has 0 unspecified atom stereocenters. The van der Waals surface area contributed by atoms with E-state index in [1.54, 1.807) is 0 Å². The summed E-state index contributed by atoms with van der Waals surface area (Å²) in [6, 6.07) is 8.39. The van der Waals surface area contributed by atoms with E-state index >= 15 is 0 Å². The van der Waals surface area contributed by atoms with E-state index in [4.69, 9.17) is 10.5 Å². The molecule has 0 saturated carbocycles. The third-order valence-electron chi connectivity index (χ3n) is 2.86. The fourth-order valence-corrected chi connectivity index (χ4v) is 1.78. The van der Waals surface area contributed by atoms with Gasteiger partial charge in [-0.25, -0.2) is 0 Å². The Morgan fingerprint density at radius 3 is 2.41 bits per heavy atom. The van der Waals surface area contributed by atoms with Crippen LogP contribution in [-0.4, -0.2) is 13.2 Å². The first-order valence-electron chi connectivity index (χ1n) is 6.78. The second kappa shape index (κ2) is 9.06. The average Bonchev–Trinajstić information content (AvgIpc) is 2.37. The maximum atomic E-state index is 5.69. The minimum atomic E-state index is 0.760. The minimum Gasteiger partial charge on any atom is -0.494 e. The molecule has 0 radical (unpaired) electrons. The number of hydrogen-bond acceptors (Lipinski definition) is 2. The first-order valence-corrected chi connectivity index (χ1v) is 6.78. The number of hydrogen-bond donors (Lipinski definition) is 1. The molecule has 0 aliphatic rings. The highest BCUT2D eigenvalue weighted by Gasteiger charge is 1.96.